The van der Waals surface area contributed by atoms with Crippen LogP contribution < -0.4 is 10.1 Å². The molecular formula is C19H22N6O2S2. The Hall–Kier alpha value is -2.72. The monoisotopic (exact) mass is 430 g/mol. The molecule has 3 aromatic rings. The number of anilines is 1. The van der Waals surface area contributed by atoms with Crippen molar-refractivity contribution in [1.82, 2.24) is 25.0 Å². The number of ether oxygens (including phenoxy) is 1. The predicted molar refractivity (Wildman–Crippen MR) is 114 cm³/mol. The third-order valence-electron chi connectivity index (χ3n) is 3.96. The molecule has 1 atom stereocenters. The van der Waals surface area contributed by atoms with Crippen molar-refractivity contribution in [3.05, 3.63) is 53.3 Å². The molecule has 0 aliphatic heterocycles. The van der Waals surface area contributed by atoms with Gasteiger partial charge in [-0.2, -0.15) is 0 Å². The zero-order valence-electron chi connectivity index (χ0n) is 16.5. The Morgan fingerprint density at radius 2 is 2.10 bits per heavy atom. The van der Waals surface area contributed by atoms with Crippen LogP contribution in [0.2, 0.25) is 0 Å². The van der Waals surface area contributed by atoms with Gasteiger partial charge in [-0.3, -0.25) is 14.7 Å². The number of benzene rings is 1. The molecule has 10 heteroatoms. The lowest BCUT2D eigenvalue weighted by molar-refractivity contribution is -0.115. The van der Waals surface area contributed by atoms with Crippen LogP contribution in [-0.2, 0) is 17.9 Å². The van der Waals surface area contributed by atoms with Gasteiger partial charge >= 0.3 is 0 Å². The second-order valence-corrected chi connectivity index (χ2v) is 8.72. The van der Waals surface area contributed by atoms with Crippen LogP contribution in [0.4, 0.5) is 5.13 Å². The van der Waals surface area contributed by atoms with Crippen LogP contribution in [0.5, 0.6) is 5.75 Å². The minimum atomic E-state index is -0.392. The highest BCUT2D eigenvalue weighted by molar-refractivity contribution is 8.00. The molecule has 1 N–H and O–H groups in total. The van der Waals surface area contributed by atoms with E-state index in [1.165, 1.54) is 23.1 Å². The Bertz CT molecular complexity index is 1000. The van der Waals surface area contributed by atoms with Crippen LogP contribution in [0.3, 0.4) is 0 Å². The summed E-state index contributed by atoms with van der Waals surface area (Å²) < 4.78 is 7.79. The number of hydrogen-bond acceptors (Lipinski definition) is 8. The van der Waals surface area contributed by atoms with Crippen molar-refractivity contribution in [1.29, 1.82) is 0 Å². The van der Waals surface area contributed by atoms with Crippen molar-refractivity contribution < 1.29 is 9.53 Å². The molecule has 0 spiro atoms. The first-order valence-corrected chi connectivity index (χ1v) is 10.7. The summed E-state index contributed by atoms with van der Waals surface area (Å²) in [6, 6.07) is 7.80. The maximum atomic E-state index is 12.5. The number of aryl methyl sites for hydroxylation is 2. The maximum Gasteiger partial charge on any atom is 0.239 e. The van der Waals surface area contributed by atoms with Crippen molar-refractivity contribution in [2.75, 3.05) is 5.32 Å². The van der Waals surface area contributed by atoms with Crippen LogP contribution in [-0.4, -0.2) is 36.1 Å². The molecule has 0 bridgehead atoms. The Kier molecular flexibility index (Phi) is 6.99. The van der Waals surface area contributed by atoms with E-state index in [9.17, 15) is 4.79 Å². The van der Waals surface area contributed by atoms with Gasteiger partial charge in [-0.1, -0.05) is 47.4 Å². The van der Waals surface area contributed by atoms with Gasteiger partial charge in [-0.15, -0.1) is 27.0 Å². The molecule has 0 radical (unpaired) electrons. The van der Waals surface area contributed by atoms with Gasteiger partial charge < -0.3 is 4.74 Å². The summed E-state index contributed by atoms with van der Waals surface area (Å²) >= 11 is 2.65. The third kappa shape index (κ3) is 5.42. The molecule has 29 heavy (non-hydrogen) atoms. The van der Waals surface area contributed by atoms with Gasteiger partial charge in [0, 0.05) is 6.54 Å². The zero-order chi connectivity index (χ0) is 20.8. The molecule has 1 unspecified atom stereocenters. The molecule has 1 amide bonds. The molecule has 0 saturated heterocycles. The highest BCUT2D eigenvalue weighted by Crippen LogP contribution is 2.25. The number of para-hydroxylation sites is 1. The van der Waals surface area contributed by atoms with E-state index in [0.29, 0.717) is 22.7 Å². The van der Waals surface area contributed by atoms with Gasteiger partial charge in [0.15, 0.2) is 11.0 Å². The average Bonchev–Trinajstić information content (AvgIpc) is 3.27. The van der Waals surface area contributed by atoms with E-state index in [0.717, 1.165) is 16.3 Å². The summed E-state index contributed by atoms with van der Waals surface area (Å²) in [5.74, 6) is 1.30. The topological polar surface area (TPSA) is 94.8 Å². The summed E-state index contributed by atoms with van der Waals surface area (Å²) in [5, 5.41) is 20.6. The number of carbonyl (C=O) groups is 1. The predicted octanol–water partition coefficient (Wildman–Crippen LogP) is 3.63. The first kappa shape index (κ1) is 21.0. The van der Waals surface area contributed by atoms with Gasteiger partial charge in [0.2, 0.25) is 11.0 Å². The first-order chi connectivity index (χ1) is 14.0. The fraction of sp³-hybridized carbons (Fsp3) is 0.316. The Balaban J connectivity index is 1.68. The smallest absolute Gasteiger partial charge is 0.239 e. The van der Waals surface area contributed by atoms with E-state index in [1.807, 2.05) is 49.6 Å². The standard InChI is InChI=1S/C19H22N6O2S2/c1-5-10-25-16(11-27-15-9-7-6-8-12(15)2)22-24-19(25)28-13(3)17(26)20-18-23-21-14(4)29-18/h5-9,13H,1,10-11H2,2-4H3,(H,20,23,26). The molecule has 8 nitrogen and oxygen atoms in total. The van der Waals surface area contributed by atoms with Gasteiger partial charge in [0.1, 0.15) is 17.4 Å². The number of thioether (sulfide) groups is 1. The van der Waals surface area contributed by atoms with E-state index < -0.39 is 5.25 Å². The summed E-state index contributed by atoms with van der Waals surface area (Å²) in [4.78, 5) is 12.5. The Labute approximate surface area is 177 Å². The minimum Gasteiger partial charge on any atom is -0.485 e. The lowest BCUT2D eigenvalue weighted by Gasteiger charge is -2.12. The Morgan fingerprint density at radius 1 is 1.31 bits per heavy atom. The van der Waals surface area contributed by atoms with Crippen LogP contribution >= 0.6 is 23.1 Å². The third-order valence-corrected chi connectivity index (χ3v) is 5.80. The van der Waals surface area contributed by atoms with Crippen LogP contribution in [0.1, 0.15) is 23.3 Å². The lowest BCUT2D eigenvalue weighted by atomic mass is 10.2. The van der Waals surface area contributed by atoms with E-state index in [2.05, 4.69) is 32.3 Å². The SMILES string of the molecule is C=CCn1c(COc2ccccc2C)nnc1SC(C)C(=O)Nc1nnc(C)s1. The number of carbonyl (C=O) groups excluding carboxylic acids is 1. The van der Waals surface area contributed by atoms with Gasteiger partial charge in [0.05, 0.1) is 5.25 Å². The van der Waals surface area contributed by atoms with Gasteiger partial charge in [0.25, 0.3) is 0 Å². The zero-order valence-corrected chi connectivity index (χ0v) is 18.1. The largest absolute Gasteiger partial charge is 0.485 e. The fourth-order valence-corrected chi connectivity index (χ4v) is 3.92. The van der Waals surface area contributed by atoms with Crippen LogP contribution in [0.15, 0.2) is 42.1 Å². The second kappa shape index (κ2) is 9.66. The number of rotatable bonds is 9. The van der Waals surface area contributed by atoms with Crippen molar-refractivity contribution in [2.45, 2.75) is 44.3 Å². The van der Waals surface area contributed by atoms with E-state index in [1.54, 1.807) is 6.08 Å². The lowest BCUT2D eigenvalue weighted by Crippen LogP contribution is -2.23. The van der Waals surface area contributed by atoms with Crippen molar-refractivity contribution >= 4 is 34.1 Å². The quantitative estimate of drug-likeness (QED) is 0.409. The Morgan fingerprint density at radius 3 is 2.79 bits per heavy atom. The highest BCUT2D eigenvalue weighted by atomic mass is 32.2. The number of hydrogen-bond donors (Lipinski definition) is 1. The molecule has 0 aliphatic rings. The summed E-state index contributed by atoms with van der Waals surface area (Å²) in [7, 11) is 0. The molecule has 2 aromatic heterocycles. The maximum absolute atomic E-state index is 12.5. The molecule has 3 rings (SSSR count). The molecule has 152 valence electrons. The summed E-state index contributed by atoms with van der Waals surface area (Å²) in [6.07, 6.45) is 1.76. The van der Waals surface area contributed by atoms with E-state index >= 15 is 0 Å². The highest BCUT2D eigenvalue weighted by Gasteiger charge is 2.21. The van der Waals surface area contributed by atoms with Crippen LogP contribution in [0, 0.1) is 13.8 Å². The minimum absolute atomic E-state index is 0.169. The molecule has 0 aliphatic carbocycles. The number of allylic oxidation sites excluding steroid dienone is 1. The van der Waals surface area contributed by atoms with E-state index in [4.69, 9.17) is 4.74 Å². The second-order valence-electron chi connectivity index (χ2n) is 6.23. The van der Waals surface area contributed by atoms with Crippen molar-refractivity contribution in [2.24, 2.45) is 0 Å². The summed E-state index contributed by atoms with van der Waals surface area (Å²) in [5.41, 5.74) is 1.05. The average molecular weight is 431 g/mol. The van der Waals surface area contributed by atoms with Gasteiger partial charge in [-0.05, 0) is 32.4 Å². The molecular weight excluding hydrogens is 408 g/mol. The van der Waals surface area contributed by atoms with Crippen molar-refractivity contribution in [3.63, 3.8) is 0 Å². The first-order valence-electron chi connectivity index (χ1n) is 8.97. The normalized spacial score (nSPS) is 11.8. The molecule has 0 fully saturated rings. The van der Waals surface area contributed by atoms with Crippen LogP contribution in [0.25, 0.3) is 0 Å². The summed E-state index contributed by atoms with van der Waals surface area (Å²) in [6.45, 7) is 10.2. The fourth-order valence-electron chi connectivity index (χ4n) is 2.45. The van der Waals surface area contributed by atoms with E-state index in [-0.39, 0.29) is 12.5 Å². The van der Waals surface area contributed by atoms with Crippen molar-refractivity contribution in [3.8, 4) is 5.75 Å². The molecule has 2 heterocycles. The number of amides is 1. The number of nitrogens with zero attached hydrogens (tertiary/aromatic N) is 5. The molecule has 0 saturated carbocycles. The number of aromatic nitrogens is 5. The van der Waals surface area contributed by atoms with Gasteiger partial charge in [-0.25, -0.2) is 0 Å². The molecule has 1 aromatic carbocycles. The number of nitrogens with one attached hydrogen (secondary N) is 1.